The average Bonchev–Trinajstić information content (AvgIpc) is 2.97. The second-order valence-corrected chi connectivity index (χ2v) is 5.13. The maximum atomic E-state index is 12.1. The SMILES string of the molecule is Cc1nn(C)c(C(=O)NCCCn2cc(Cl)cn2)c1[N+](=O)[O-]. The summed E-state index contributed by atoms with van der Waals surface area (Å²) in [4.78, 5) is 22.5. The van der Waals surface area contributed by atoms with Crippen molar-refractivity contribution in [1.29, 1.82) is 0 Å². The number of nitrogens with zero attached hydrogens (tertiary/aromatic N) is 5. The number of nitro groups is 1. The number of hydrogen-bond acceptors (Lipinski definition) is 5. The molecule has 0 aromatic carbocycles. The quantitative estimate of drug-likeness (QED) is 0.489. The third-order valence-corrected chi connectivity index (χ3v) is 3.23. The zero-order valence-corrected chi connectivity index (χ0v) is 12.9. The highest BCUT2D eigenvalue weighted by Crippen LogP contribution is 2.21. The average molecular weight is 327 g/mol. The van der Waals surface area contributed by atoms with Crippen LogP contribution in [-0.2, 0) is 13.6 Å². The van der Waals surface area contributed by atoms with Crippen LogP contribution in [0, 0.1) is 17.0 Å². The Hall–Kier alpha value is -2.42. The summed E-state index contributed by atoms with van der Waals surface area (Å²) < 4.78 is 2.88. The molecule has 10 heteroatoms. The first kappa shape index (κ1) is 16.0. The van der Waals surface area contributed by atoms with Gasteiger partial charge in [-0.2, -0.15) is 10.2 Å². The zero-order chi connectivity index (χ0) is 16.3. The van der Waals surface area contributed by atoms with Crippen LogP contribution >= 0.6 is 11.6 Å². The standard InChI is InChI=1S/C12H15ClN6O3/c1-8-10(19(21)22)11(17(2)16-8)12(20)14-4-3-5-18-7-9(13)6-15-18/h6-7H,3-5H2,1-2H3,(H,14,20). The number of carbonyl (C=O) groups is 1. The van der Waals surface area contributed by atoms with Crippen LogP contribution in [0.5, 0.6) is 0 Å². The normalized spacial score (nSPS) is 10.7. The summed E-state index contributed by atoms with van der Waals surface area (Å²) in [5, 5.41) is 22.2. The van der Waals surface area contributed by atoms with E-state index in [0.717, 1.165) is 0 Å². The van der Waals surface area contributed by atoms with Gasteiger partial charge in [0, 0.05) is 26.3 Å². The van der Waals surface area contributed by atoms with E-state index in [0.29, 0.717) is 24.5 Å². The van der Waals surface area contributed by atoms with E-state index in [2.05, 4.69) is 15.5 Å². The Labute approximate surface area is 131 Å². The van der Waals surface area contributed by atoms with Gasteiger partial charge in [-0.05, 0) is 13.3 Å². The van der Waals surface area contributed by atoms with Crippen molar-refractivity contribution in [3.63, 3.8) is 0 Å². The Bertz CT molecular complexity index is 708. The largest absolute Gasteiger partial charge is 0.350 e. The molecule has 9 nitrogen and oxygen atoms in total. The Kier molecular flexibility index (Phi) is 4.76. The highest BCUT2D eigenvalue weighted by Gasteiger charge is 2.28. The predicted molar refractivity (Wildman–Crippen MR) is 78.8 cm³/mol. The number of carbonyl (C=O) groups excluding carboxylic acids is 1. The van der Waals surface area contributed by atoms with Gasteiger partial charge >= 0.3 is 5.69 Å². The first-order chi connectivity index (χ1) is 10.4. The Balaban J connectivity index is 1.94. The molecule has 2 aromatic rings. The molecule has 0 aliphatic carbocycles. The van der Waals surface area contributed by atoms with Gasteiger partial charge in [0.2, 0.25) is 5.69 Å². The number of aromatic nitrogens is 4. The van der Waals surface area contributed by atoms with E-state index in [9.17, 15) is 14.9 Å². The van der Waals surface area contributed by atoms with Gasteiger partial charge in [-0.3, -0.25) is 24.3 Å². The van der Waals surface area contributed by atoms with Crippen LogP contribution in [0.15, 0.2) is 12.4 Å². The van der Waals surface area contributed by atoms with Crippen LogP contribution in [-0.4, -0.2) is 36.9 Å². The summed E-state index contributed by atoms with van der Waals surface area (Å²) >= 11 is 5.74. The molecule has 0 fully saturated rings. The molecule has 1 amide bonds. The first-order valence-electron chi connectivity index (χ1n) is 6.54. The van der Waals surface area contributed by atoms with E-state index < -0.39 is 10.8 Å². The molecule has 0 unspecified atom stereocenters. The summed E-state index contributed by atoms with van der Waals surface area (Å²) in [5.74, 6) is -0.520. The molecule has 22 heavy (non-hydrogen) atoms. The van der Waals surface area contributed by atoms with Crippen LogP contribution in [0.4, 0.5) is 5.69 Å². The van der Waals surface area contributed by atoms with Gasteiger partial charge in [-0.1, -0.05) is 11.6 Å². The van der Waals surface area contributed by atoms with Crippen molar-refractivity contribution in [2.75, 3.05) is 6.54 Å². The van der Waals surface area contributed by atoms with Crippen molar-refractivity contribution in [2.45, 2.75) is 19.9 Å². The van der Waals surface area contributed by atoms with Crippen LogP contribution in [0.3, 0.4) is 0 Å². The van der Waals surface area contributed by atoms with Crippen molar-refractivity contribution in [3.8, 4) is 0 Å². The molecule has 0 atom stereocenters. The highest BCUT2D eigenvalue weighted by molar-refractivity contribution is 6.30. The molecule has 118 valence electrons. The van der Waals surface area contributed by atoms with Gasteiger partial charge in [0.25, 0.3) is 5.91 Å². The van der Waals surface area contributed by atoms with E-state index in [-0.39, 0.29) is 17.1 Å². The summed E-state index contributed by atoms with van der Waals surface area (Å²) in [6, 6.07) is 0. The number of aryl methyl sites for hydroxylation is 3. The van der Waals surface area contributed by atoms with Crippen LogP contribution < -0.4 is 5.32 Å². The van der Waals surface area contributed by atoms with Gasteiger partial charge in [0.05, 0.1) is 16.1 Å². The lowest BCUT2D eigenvalue weighted by Crippen LogP contribution is -2.28. The van der Waals surface area contributed by atoms with E-state index in [1.165, 1.54) is 24.9 Å². The van der Waals surface area contributed by atoms with Crippen LogP contribution in [0.25, 0.3) is 0 Å². The maximum Gasteiger partial charge on any atom is 0.322 e. The number of nitrogens with one attached hydrogen (secondary N) is 1. The van der Waals surface area contributed by atoms with Gasteiger partial charge < -0.3 is 5.32 Å². The Morgan fingerprint density at radius 3 is 2.86 bits per heavy atom. The van der Waals surface area contributed by atoms with Crippen LogP contribution in [0.2, 0.25) is 5.02 Å². The van der Waals surface area contributed by atoms with Crippen molar-refractivity contribution in [1.82, 2.24) is 24.9 Å². The monoisotopic (exact) mass is 326 g/mol. The molecule has 0 aliphatic heterocycles. The minimum Gasteiger partial charge on any atom is -0.350 e. The number of halogens is 1. The van der Waals surface area contributed by atoms with Crippen LogP contribution in [0.1, 0.15) is 22.6 Å². The van der Waals surface area contributed by atoms with E-state index >= 15 is 0 Å². The summed E-state index contributed by atoms with van der Waals surface area (Å²) in [6.07, 6.45) is 3.83. The van der Waals surface area contributed by atoms with Crippen molar-refractivity contribution in [3.05, 3.63) is 38.9 Å². The minimum absolute atomic E-state index is 0.0513. The van der Waals surface area contributed by atoms with E-state index in [1.54, 1.807) is 10.9 Å². The zero-order valence-electron chi connectivity index (χ0n) is 12.1. The molecule has 0 bridgehead atoms. The molecule has 2 rings (SSSR count). The number of rotatable bonds is 6. The fraction of sp³-hybridized carbons (Fsp3) is 0.417. The number of amides is 1. The van der Waals surface area contributed by atoms with Crippen molar-refractivity contribution in [2.24, 2.45) is 7.05 Å². The van der Waals surface area contributed by atoms with Gasteiger partial charge in [0.1, 0.15) is 5.69 Å². The summed E-state index contributed by atoms with van der Waals surface area (Å²) in [7, 11) is 1.50. The molecule has 2 aromatic heterocycles. The van der Waals surface area contributed by atoms with Crippen molar-refractivity contribution < 1.29 is 9.72 Å². The maximum absolute atomic E-state index is 12.1. The third-order valence-electron chi connectivity index (χ3n) is 3.04. The Morgan fingerprint density at radius 2 is 2.27 bits per heavy atom. The molecular formula is C12H15ClN6O3. The fourth-order valence-electron chi connectivity index (χ4n) is 2.11. The lowest BCUT2D eigenvalue weighted by atomic mass is 10.3. The molecule has 0 saturated carbocycles. The lowest BCUT2D eigenvalue weighted by molar-refractivity contribution is -0.385. The molecule has 0 aliphatic rings. The van der Waals surface area contributed by atoms with E-state index in [4.69, 9.17) is 11.6 Å². The lowest BCUT2D eigenvalue weighted by Gasteiger charge is -2.05. The summed E-state index contributed by atoms with van der Waals surface area (Å²) in [5.41, 5.74) is -0.104. The second kappa shape index (κ2) is 6.56. The van der Waals surface area contributed by atoms with Gasteiger partial charge in [-0.15, -0.1) is 0 Å². The highest BCUT2D eigenvalue weighted by atomic mass is 35.5. The first-order valence-corrected chi connectivity index (χ1v) is 6.92. The molecule has 0 spiro atoms. The second-order valence-electron chi connectivity index (χ2n) is 4.69. The molecule has 1 N–H and O–H groups in total. The predicted octanol–water partition coefficient (Wildman–Crippen LogP) is 1.31. The van der Waals surface area contributed by atoms with E-state index in [1.807, 2.05) is 0 Å². The van der Waals surface area contributed by atoms with Crippen molar-refractivity contribution >= 4 is 23.2 Å². The van der Waals surface area contributed by atoms with Gasteiger partial charge in [-0.25, -0.2) is 0 Å². The Morgan fingerprint density at radius 1 is 1.55 bits per heavy atom. The number of hydrogen-bond donors (Lipinski definition) is 1. The molecule has 2 heterocycles. The minimum atomic E-state index is -0.594. The molecular weight excluding hydrogens is 312 g/mol. The third kappa shape index (κ3) is 3.42. The smallest absolute Gasteiger partial charge is 0.322 e. The van der Waals surface area contributed by atoms with Gasteiger partial charge in [0.15, 0.2) is 0 Å². The topological polar surface area (TPSA) is 108 Å². The fourth-order valence-corrected chi connectivity index (χ4v) is 2.26. The molecule has 0 radical (unpaired) electrons. The summed E-state index contributed by atoms with van der Waals surface area (Å²) in [6.45, 7) is 2.44. The molecule has 0 saturated heterocycles.